The van der Waals surface area contributed by atoms with Crippen LogP contribution in [0.5, 0.6) is 0 Å². The highest BCUT2D eigenvalue weighted by Crippen LogP contribution is 2.15. The first-order valence-electron chi connectivity index (χ1n) is 6.34. The topological polar surface area (TPSA) is 12.0 Å². The maximum atomic E-state index is 3.52. The van der Waals surface area contributed by atoms with Crippen molar-refractivity contribution in [3.8, 4) is 0 Å². The lowest BCUT2D eigenvalue weighted by Gasteiger charge is -2.17. The largest absolute Gasteiger partial charge is 0.308 e. The molecular formula is C15H25N. The molecule has 0 saturated carbocycles. The molecule has 1 aromatic carbocycles. The fourth-order valence-corrected chi connectivity index (χ4v) is 2.01. The van der Waals surface area contributed by atoms with Gasteiger partial charge in [-0.15, -0.1) is 0 Å². The second kappa shape index (κ2) is 6.05. The van der Waals surface area contributed by atoms with E-state index in [9.17, 15) is 0 Å². The van der Waals surface area contributed by atoms with Gasteiger partial charge in [0.2, 0.25) is 0 Å². The van der Waals surface area contributed by atoms with Gasteiger partial charge in [0.15, 0.2) is 0 Å². The predicted octanol–water partition coefficient (Wildman–Crippen LogP) is 3.94. The molecule has 0 aromatic heterocycles. The van der Waals surface area contributed by atoms with Crippen molar-refractivity contribution in [3.63, 3.8) is 0 Å². The van der Waals surface area contributed by atoms with Gasteiger partial charge >= 0.3 is 0 Å². The minimum absolute atomic E-state index is 0.438. The van der Waals surface area contributed by atoms with Gasteiger partial charge in [0.1, 0.15) is 0 Å². The molecule has 16 heavy (non-hydrogen) atoms. The molecule has 0 aliphatic carbocycles. The van der Waals surface area contributed by atoms with Crippen LogP contribution in [0.25, 0.3) is 0 Å². The Morgan fingerprint density at radius 3 is 1.94 bits per heavy atom. The van der Waals surface area contributed by atoms with Crippen molar-refractivity contribution in [2.24, 2.45) is 5.92 Å². The van der Waals surface area contributed by atoms with Crippen LogP contribution in [0, 0.1) is 5.92 Å². The van der Waals surface area contributed by atoms with E-state index in [-0.39, 0.29) is 0 Å². The zero-order chi connectivity index (χ0) is 12.1. The Balaban J connectivity index is 2.63. The standard InChI is InChI=1S/C15H25N/c1-11(2)10-14-6-8-15(9-7-14)13(5)16-12(3)4/h6-9,11-13,16H,10H2,1-5H3. The fourth-order valence-electron chi connectivity index (χ4n) is 2.01. The van der Waals surface area contributed by atoms with Gasteiger partial charge in [-0.1, -0.05) is 52.0 Å². The highest BCUT2D eigenvalue weighted by Gasteiger charge is 2.06. The molecule has 1 rings (SSSR count). The molecule has 0 bridgehead atoms. The van der Waals surface area contributed by atoms with Gasteiger partial charge in [-0.2, -0.15) is 0 Å². The van der Waals surface area contributed by atoms with Gasteiger partial charge in [-0.05, 0) is 30.4 Å². The fraction of sp³-hybridized carbons (Fsp3) is 0.600. The maximum Gasteiger partial charge on any atom is 0.0294 e. The van der Waals surface area contributed by atoms with Gasteiger partial charge < -0.3 is 5.32 Å². The first-order chi connectivity index (χ1) is 7.49. The molecule has 1 aromatic rings. The van der Waals surface area contributed by atoms with Crippen molar-refractivity contribution >= 4 is 0 Å². The van der Waals surface area contributed by atoms with Gasteiger partial charge in [0, 0.05) is 12.1 Å². The molecular weight excluding hydrogens is 194 g/mol. The Kier molecular flexibility index (Phi) is 5.01. The summed E-state index contributed by atoms with van der Waals surface area (Å²) >= 11 is 0. The summed E-state index contributed by atoms with van der Waals surface area (Å²) in [5, 5.41) is 3.52. The lowest BCUT2D eigenvalue weighted by Crippen LogP contribution is -2.25. The average molecular weight is 219 g/mol. The SMILES string of the molecule is CC(C)Cc1ccc(C(C)NC(C)C)cc1. The van der Waals surface area contributed by atoms with Crippen molar-refractivity contribution in [2.45, 2.75) is 53.1 Å². The Labute approximate surface area is 100 Å². The van der Waals surface area contributed by atoms with Crippen LogP contribution in [0.15, 0.2) is 24.3 Å². The van der Waals surface area contributed by atoms with E-state index in [1.165, 1.54) is 17.5 Å². The smallest absolute Gasteiger partial charge is 0.0294 e. The molecule has 0 aliphatic heterocycles. The van der Waals surface area contributed by atoms with Crippen molar-refractivity contribution < 1.29 is 0 Å². The van der Waals surface area contributed by atoms with E-state index in [4.69, 9.17) is 0 Å². The lowest BCUT2D eigenvalue weighted by molar-refractivity contribution is 0.506. The lowest BCUT2D eigenvalue weighted by atomic mass is 10.00. The van der Waals surface area contributed by atoms with E-state index >= 15 is 0 Å². The first kappa shape index (κ1) is 13.2. The molecule has 0 radical (unpaired) electrons. The van der Waals surface area contributed by atoms with E-state index in [1.54, 1.807) is 0 Å². The molecule has 0 aliphatic rings. The molecule has 90 valence electrons. The van der Waals surface area contributed by atoms with Gasteiger partial charge in [-0.25, -0.2) is 0 Å². The van der Waals surface area contributed by atoms with E-state index in [0.29, 0.717) is 12.1 Å². The second-order valence-corrected chi connectivity index (χ2v) is 5.38. The molecule has 1 nitrogen and oxygen atoms in total. The zero-order valence-electron chi connectivity index (χ0n) is 11.2. The normalized spacial score (nSPS) is 13.4. The monoisotopic (exact) mass is 219 g/mol. The van der Waals surface area contributed by atoms with Crippen molar-refractivity contribution in [1.82, 2.24) is 5.32 Å². The van der Waals surface area contributed by atoms with Crippen molar-refractivity contribution in [3.05, 3.63) is 35.4 Å². The Morgan fingerprint density at radius 1 is 0.938 bits per heavy atom. The Hall–Kier alpha value is -0.820. The minimum atomic E-state index is 0.438. The van der Waals surface area contributed by atoms with Crippen molar-refractivity contribution in [1.29, 1.82) is 0 Å². The molecule has 0 amide bonds. The molecule has 1 atom stereocenters. The van der Waals surface area contributed by atoms with Crippen LogP contribution >= 0.6 is 0 Å². The number of hydrogen-bond donors (Lipinski definition) is 1. The van der Waals surface area contributed by atoms with Crippen LogP contribution in [0.4, 0.5) is 0 Å². The van der Waals surface area contributed by atoms with Gasteiger partial charge in [0.25, 0.3) is 0 Å². The summed E-state index contributed by atoms with van der Waals surface area (Å²) < 4.78 is 0. The molecule has 0 saturated heterocycles. The number of nitrogens with one attached hydrogen (secondary N) is 1. The highest BCUT2D eigenvalue weighted by atomic mass is 14.9. The van der Waals surface area contributed by atoms with Crippen LogP contribution in [0.1, 0.15) is 51.8 Å². The number of benzene rings is 1. The molecule has 0 spiro atoms. The molecule has 0 heterocycles. The third kappa shape index (κ3) is 4.36. The summed E-state index contributed by atoms with van der Waals surface area (Å²) in [5.41, 5.74) is 2.82. The van der Waals surface area contributed by atoms with Gasteiger partial charge in [-0.3, -0.25) is 0 Å². The molecule has 1 unspecified atom stereocenters. The van der Waals surface area contributed by atoms with Crippen LogP contribution in [0.2, 0.25) is 0 Å². The van der Waals surface area contributed by atoms with Crippen LogP contribution in [0.3, 0.4) is 0 Å². The maximum absolute atomic E-state index is 3.52. The summed E-state index contributed by atoms with van der Waals surface area (Å²) in [6, 6.07) is 9.98. The highest BCUT2D eigenvalue weighted by molar-refractivity contribution is 5.25. The third-order valence-corrected chi connectivity index (χ3v) is 2.71. The Bertz CT molecular complexity index is 298. The van der Waals surface area contributed by atoms with Gasteiger partial charge in [0.05, 0.1) is 0 Å². The van der Waals surface area contributed by atoms with Crippen LogP contribution in [-0.4, -0.2) is 6.04 Å². The van der Waals surface area contributed by atoms with E-state index in [0.717, 1.165) is 5.92 Å². The minimum Gasteiger partial charge on any atom is -0.308 e. The zero-order valence-corrected chi connectivity index (χ0v) is 11.2. The second-order valence-electron chi connectivity index (χ2n) is 5.38. The summed E-state index contributed by atoms with van der Waals surface area (Å²) in [4.78, 5) is 0. The van der Waals surface area contributed by atoms with Crippen molar-refractivity contribution in [2.75, 3.05) is 0 Å². The quantitative estimate of drug-likeness (QED) is 0.791. The summed E-state index contributed by atoms with van der Waals surface area (Å²) in [6.45, 7) is 11.1. The first-order valence-corrected chi connectivity index (χ1v) is 6.34. The summed E-state index contributed by atoms with van der Waals surface area (Å²) in [5.74, 6) is 0.733. The predicted molar refractivity (Wildman–Crippen MR) is 71.7 cm³/mol. The number of hydrogen-bond acceptors (Lipinski definition) is 1. The molecule has 1 heteroatoms. The molecule has 0 fully saturated rings. The molecule has 1 N–H and O–H groups in total. The average Bonchev–Trinajstić information content (AvgIpc) is 2.16. The van der Waals surface area contributed by atoms with E-state index in [1.807, 2.05) is 0 Å². The summed E-state index contributed by atoms with van der Waals surface area (Å²) in [7, 11) is 0. The van der Waals surface area contributed by atoms with E-state index < -0.39 is 0 Å². The number of rotatable bonds is 5. The van der Waals surface area contributed by atoms with Crippen LogP contribution in [-0.2, 0) is 6.42 Å². The Morgan fingerprint density at radius 2 is 1.50 bits per heavy atom. The van der Waals surface area contributed by atoms with Crippen LogP contribution < -0.4 is 5.32 Å². The summed E-state index contributed by atoms with van der Waals surface area (Å²) in [6.07, 6.45) is 1.17. The van der Waals surface area contributed by atoms with E-state index in [2.05, 4.69) is 64.2 Å². The third-order valence-electron chi connectivity index (χ3n) is 2.71.